The van der Waals surface area contributed by atoms with Gasteiger partial charge in [0.25, 0.3) is 5.56 Å². The van der Waals surface area contributed by atoms with Crippen molar-refractivity contribution in [3.63, 3.8) is 0 Å². The minimum Gasteiger partial charge on any atom is -0.369 e. The van der Waals surface area contributed by atoms with Crippen LogP contribution in [0.1, 0.15) is 60.3 Å². The maximum absolute atomic E-state index is 13.6. The van der Waals surface area contributed by atoms with E-state index >= 15 is 0 Å². The number of hydrogen-bond acceptors (Lipinski definition) is 6. The first-order valence-corrected chi connectivity index (χ1v) is 13.1. The largest absolute Gasteiger partial charge is 0.369 e. The van der Waals surface area contributed by atoms with Gasteiger partial charge in [0.1, 0.15) is 11.9 Å². The molecule has 9 heteroatoms. The summed E-state index contributed by atoms with van der Waals surface area (Å²) >= 11 is 0. The third kappa shape index (κ3) is 4.41. The number of tetrazole rings is 1. The molecule has 2 aliphatic rings. The van der Waals surface area contributed by atoms with Gasteiger partial charge in [0.2, 0.25) is 0 Å². The lowest BCUT2D eigenvalue weighted by Gasteiger charge is -2.39. The number of nitrogens with one attached hydrogen (secondary N) is 1. The molecule has 1 N–H and O–H groups in total. The predicted molar refractivity (Wildman–Crippen MR) is 141 cm³/mol. The Morgan fingerprint density at radius 2 is 1.73 bits per heavy atom. The van der Waals surface area contributed by atoms with Crippen molar-refractivity contribution in [2.45, 2.75) is 51.6 Å². The van der Waals surface area contributed by atoms with Crippen molar-refractivity contribution in [2.24, 2.45) is 0 Å². The third-order valence-corrected chi connectivity index (χ3v) is 8.18. The Hall–Kier alpha value is -3.59. The number of hydrogen-bond donors (Lipinski definition) is 1. The third-order valence-electron chi connectivity index (χ3n) is 8.18. The second-order valence-corrected chi connectivity index (χ2v) is 10.3. The fourth-order valence-electron chi connectivity index (χ4n) is 5.92. The minimum absolute atomic E-state index is 0.104. The van der Waals surface area contributed by atoms with Crippen LogP contribution in [0.25, 0.3) is 10.9 Å². The van der Waals surface area contributed by atoms with Gasteiger partial charge in [-0.2, -0.15) is 0 Å². The van der Waals surface area contributed by atoms with E-state index in [1.807, 2.05) is 29.8 Å². The summed E-state index contributed by atoms with van der Waals surface area (Å²) in [5.41, 5.74) is 4.68. The monoisotopic (exact) mass is 501 g/mol. The number of aromatic nitrogens is 5. The highest BCUT2D eigenvalue weighted by Crippen LogP contribution is 2.34. The van der Waals surface area contributed by atoms with E-state index in [1.165, 1.54) is 25.0 Å². The van der Waals surface area contributed by atoms with Crippen LogP contribution in [0.2, 0.25) is 0 Å². The maximum Gasteiger partial charge on any atom is 0.253 e. The Bertz CT molecular complexity index is 1460. The Morgan fingerprint density at radius 1 is 1.00 bits per heavy atom. The van der Waals surface area contributed by atoms with Crippen molar-refractivity contribution < 1.29 is 4.39 Å². The molecule has 1 saturated heterocycles. The molecule has 0 spiro atoms. The fourth-order valence-corrected chi connectivity index (χ4v) is 5.92. The average molecular weight is 502 g/mol. The summed E-state index contributed by atoms with van der Waals surface area (Å²) in [6.07, 6.45) is 4.44. The molecule has 1 atom stereocenters. The zero-order chi connectivity index (χ0) is 25.5. The van der Waals surface area contributed by atoms with Crippen molar-refractivity contribution in [3.8, 4) is 0 Å². The lowest BCUT2D eigenvalue weighted by atomic mass is 9.99. The van der Waals surface area contributed by atoms with Gasteiger partial charge in [-0.05, 0) is 84.0 Å². The number of benzene rings is 2. The number of aryl methyl sites for hydroxylation is 2. The van der Waals surface area contributed by atoms with Gasteiger partial charge in [-0.25, -0.2) is 9.07 Å². The Morgan fingerprint density at radius 3 is 2.46 bits per heavy atom. The van der Waals surface area contributed by atoms with Crippen LogP contribution in [0.4, 0.5) is 10.1 Å². The summed E-state index contributed by atoms with van der Waals surface area (Å²) in [6, 6.07) is 12.7. The Kier molecular flexibility index (Phi) is 6.24. The molecular formula is C28H32FN7O. The van der Waals surface area contributed by atoms with E-state index in [1.54, 1.807) is 0 Å². The van der Waals surface area contributed by atoms with Crippen LogP contribution in [0.3, 0.4) is 0 Å². The van der Waals surface area contributed by atoms with Crippen LogP contribution in [0.15, 0.2) is 47.3 Å². The minimum atomic E-state index is -0.360. The van der Waals surface area contributed by atoms with Gasteiger partial charge in [-0.15, -0.1) is 5.10 Å². The van der Waals surface area contributed by atoms with Crippen molar-refractivity contribution in [2.75, 3.05) is 31.1 Å². The molecular weight excluding hydrogens is 469 g/mol. The van der Waals surface area contributed by atoms with E-state index in [0.717, 1.165) is 72.6 Å². The number of rotatable bonds is 5. The SMILES string of the molecule is Cc1ccc2cc([C@H](c3nnnn3C3CCCC3)N3CCN(c4ccc(F)cc4)CC3)c(=O)[nH]c2c1C. The number of anilines is 1. The maximum atomic E-state index is 13.6. The van der Waals surface area contributed by atoms with E-state index in [-0.39, 0.29) is 23.5 Å². The summed E-state index contributed by atoms with van der Waals surface area (Å²) in [4.78, 5) is 21.4. The van der Waals surface area contributed by atoms with Crippen LogP contribution in [0, 0.1) is 19.7 Å². The van der Waals surface area contributed by atoms with Gasteiger partial charge in [0.15, 0.2) is 5.82 Å². The zero-order valence-corrected chi connectivity index (χ0v) is 21.3. The number of pyridine rings is 1. The number of fused-ring (bicyclic) bond motifs is 1. The second kappa shape index (κ2) is 9.70. The normalized spacial score (nSPS) is 18.1. The summed E-state index contributed by atoms with van der Waals surface area (Å²) in [5, 5.41) is 14.0. The molecule has 2 aromatic carbocycles. The molecule has 0 radical (unpaired) electrons. The summed E-state index contributed by atoms with van der Waals surface area (Å²) < 4.78 is 15.4. The molecule has 37 heavy (non-hydrogen) atoms. The van der Waals surface area contributed by atoms with E-state index < -0.39 is 0 Å². The zero-order valence-electron chi connectivity index (χ0n) is 21.3. The van der Waals surface area contributed by atoms with Gasteiger partial charge in [-0.3, -0.25) is 9.69 Å². The van der Waals surface area contributed by atoms with Crippen LogP contribution in [-0.2, 0) is 0 Å². The van der Waals surface area contributed by atoms with E-state index in [4.69, 9.17) is 0 Å². The Labute approximate surface area is 215 Å². The molecule has 4 aromatic rings. The first kappa shape index (κ1) is 23.8. The highest BCUT2D eigenvalue weighted by molar-refractivity contribution is 5.83. The van der Waals surface area contributed by atoms with Crippen LogP contribution in [-0.4, -0.2) is 56.3 Å². The first-order chi connectivity index (χ1) is 18.0. The van der Waals surface area contributed by atoms with Crippen LogP contribution in [0.5, 0.6) is 0 Å². The van der Waals surface area contributed by atoms with Gasteiger partial charge in [0, 0.05) is 37.4 Å². The fraction of sp³-hybridized carbons (Fsp3) is 0.429. The van der Waals surface area contributed by atoms with Gasteiger partial charge < -0.3 is 9.88 Å². The number of halogens is 1. The summed E-state index contributed by atoms with van der Waals surface area (Å²) in [7, 11) is 0. The van der Waals surface area contributed by atoms with Gasteiger partial charge >= 0.3 is 0 Å². The molecule has 0 unspecified atom stereocenters. The molecule has 8 nitrogen and oxygen atoms in total. The van der Waals surface area contributed by atoms with Crippen molar-refractivity contribution >= 4 is 16.6 Å². The number of nitrogens with zero attached hydrogens (tertiary/aromatic N) is 6. The lowest BCUT2D eigenvalue weighted by Crippen LogP contribution is -2.49. The first-order valence-electron chi connectivity index (χ1n) is 13.1. The van der Waals surface area contributed by atoms with E-state index in [0.29, 0.717) is 5.56 Å². The number of aromatic amines is 1. The van der Waals surface area contributed by atoms with Crippen LogP contribution >= 0.6 is 0 Å². The molecule has 1 aliphatic heterocycles. The molecule has 6 rings (SSSR count). The van der Waals surface area contributed by atoms with Crippen molar-refractivity contribution in [1.29, 1.82) is 0 Å². The molecule has 1 saturated carbocycles. The molecule has 1 aliphatic carbocycles. The Balaban J connectivity index is 1.39. The molecule has 3 heterocycles. The van der Waals surface area contributed by atoms with Crippen molar-refractivity contribution in [3.05, 3.63) is 81.2 Å². The van der Waals surface area contributed by atoms with Crippen molar-refractivity contribution in [1.82, 2.24) is 30.1 Å². The summed E-state index contributed by atoms with van der Waals surface area (Å²) in [5.74, 6) is 0.498. The van der Waals surface area contributed by atoms with E-state index in [9.17, 15) is 9.18 Å². The standard InChI is InChI=1S/C28H32FN7O/c1-18-7-8-20-17-24(28(37)30-25(20)19(18)2)26(27-31-32-33-36(27)23-5-3-4-6-23)35-15-13-34(14-16-35)22-11-9-21(29)10-12-22/h7-12,17,23,26H,3-6,13-16H2,1-2H3,(H,30,37)/t26-/m1/s1. The second-order valence-electron chi connectivity index (χ2n) is 10.3. The predicted octanol–water partition coefficient (Wildman–Crippen LogP) is 4.30. The van der Waals surface area contributed by atoms with E-state index in [2.05, 4.69) is 49.4 Å². The molecule has 0 bridgehead atoms. The lowest BCUT2D eigenvalue weighted by molar-refractivity contribution is 0.197. The molecule has 192 valence electrons. The quantitative estimate of drug-likeness (QED) is 0.439. The highest BCUT2D eigenvalue weighted by Gasteiger charge is 2.34. The molecule has 0 amide bonds. The topological polar surface area (TPSA) is 82.9 Å². The number of H-pyrrole nitrogens is 1. The van der Waals surface area contributed by atoms with Gasteiger partial charge in [0.05, 0.1) is 11.6 Å². The molecule has 2 fully saturated rings. The average Bonchev–Trinajstić information content (AvgIpc) is 3.61. The van der Waals surface area contributed by atoms with Crippen LogP contribution < -0.4 is 10.5 Å². The smallest absolute Gasteiger partial charge is 0.253 e. The summed E-state index contributed by atoms with van der Waals surface area (Å²) in [6.45, 7) is 7.07. The molecule has 2 aromatic heterocycles. The number of piperazine rings is 1. The van der Waals surface area contributed by atoms with Gasteiger partial charge in [-0.1, -0.05) is 25.0 Å². The highest BCUT2D eigenvalue weighted by atomic mass is 19.1.